The molecule has 14 heavy (non-hydrogen) atoms. The molecule has 0 atom stereocenters. The summed E-state index contributed by atoms with van der Waals surface area (Å²) in [5.74, 6) is 0.772. The van der Waals surface area contributed by atoms with Gasteiger partial charge in [0, 0.05) is 20.0 Å². The number of nitrogens with one attached hydrogen (secondary N) is 2. The standard InChI is InChI=1S/C9H17N3O2/c1-10-9(13)14-12-8-6-4-2-3-5-7-11-8/h2-7H2,1H3,(H,10,13)(H,11,12). The smallest absolute Gasteiger partial charge is 0.323 e. The Morgan fingerprint density at radius 1 is 1.36 bits per heavy atom. The van der Waals surface area contributed by atoms with Gasteiger partial charge in [0.2, 0.25) is 0 Å². The molecule has 0 aromatic carbocycles. The molecule has 1 amide bonds. The molecule has 0 unspecified atom stereocenters. The van der Waals surface area contributed by atoms with Gasteiger partial charge in [0.25, 0.3) is 0 Å². The minimum absolute atomic E-state index is 0.491. The minimum atomic E-state index is -0.491. The molecule has 1 aliphatic rings. The molecule has 0 aliphatic carbocycles. The first-order valence-corrected chi connectivity index (χ1v) is 5.01. The second-order valence-electron chi connectivity index (χ2n) is 3.23. The van der Waals surface area contributed by atoms with Crippen LogP contribution in [0.25, 0.3) is 0 Å². The van der Waals surface area contributed by atoms with Crippen molar-refractivity contribution in [2.45, 2.75) is 32.1 Å². The topological polar surface area (TPSA) is 62.7 Å². The Hall–Kier alpha value is -1.26. The molecule has 0 aromatic heterocycles. The largest absolute Gasteiger partial charge is 0.431 e. The quantitative estimate of drug-likeness (QED) is 0.576. The van der Waals surface area contributed by atoms with Crippen LogP contribution in [0, 0.1) is 0 Å². The average Bonchev–Trinajstić information content (AvgIpc) is 2.15. The van der Waals surface area contributed by atoms with Crippen LogP contribution >= 0.6 is 0 Å². The van der Waals surface area contributed by atoms with Crippen LogP contribution in [-0.4, -0.2) is 25.5 Å². The Morgan fingerprint density at radius 2 is 2.14 bits per heavy atom. The van der Waals surface area contributed by atoms with Gasteiger partial charge in [0.15, 0.2) is 0 Å². The van der Waals surface area contributed by atoms with Crippen molar-refractivity contribution in [3.05, 3.63) is 0 Å². The molecular formula is C9H17N3O2. The Labute approximate surface area is 83.9 Å². The molecule has 2 N–H and O–H groups in total. The number of hydrogen-bond acceptors (Lipinski definition) is 4. The van der Waals surface area contributed by atoms with E-state index in [-0.39, 0.29) is 0 Å². The van der Waals surface area contributed by atoms with E-state index in [1.807, 2.05) is 0 Å². The summed E-state index contributed by atoms with van der Waals surface area (Å²) in [5.41, 5.74) is 2.58. The van der Waals surface area contributed by atoms with Gasteiger partial charge < -0.3 is 10.2 Å². The van der Waals surface area contributed by atoms with Crippen LogP contribution in [0.4, 0.5) is 4.79 Å². The molecule has 1 rings (SSSR count). The third-order valence-electron chi connectivity index (χ3n) is 2.09. The van der Waals surface area contributed by atoms with Crippen molar-refractivity contribution in [2.75, 3.05) is 13.6 Å². The van der Waals surface area contributed by atoms with Gasteiger partial charge in [0.1, 0.15) is 5.84 Å². The maximum atomic E-state index is 10.8. The SMILES string of the molecule is CNC(=O)ONC1=NCCCCCC1. The van der Waals surface area contributed by atoms with Gasteiger partial charge in [-0.25, -0.2) is 10.3 Å². The maximum absolute atomic E-state index is 10.8. The molecule has 0 fully saturated rings. The third kappa shape index (κ3) is 4.11. The minimum Gasteiger partial charge on any atom is -0.323 e. The zero-order valence-corrected chi connectivity index (χ0v) is 8.51. The number of rotatable bonds is 0. The molecule has 0 bridgehead atoms. The summed E-state index contributed by atoms with van der Waals surface area (Å²) in [5, 5.41) is 2.35. The molecule has 0 radical (unpaired) electrons. The van der Waals surface area contributed by atoms with E-state index in [9.17, 15) is 4.79 Å². The lowest BCUT2D eigenvalue weighted by atomic mass is 10.1. The summed E-state index contributed by atoms with van der Waals surface area (Å²) < 4.78 is 0. The Bertz CT molecular complexity index is 216. The number of carbonyl (C=O) groups excluding carboxylic acids is 1. The number of hydrogen-bond donors (Lipinski definition) is 2. The van der Waals surface area contributed by atoms with Gasteiger partial charge in [-0.15, -0.1) is 0 Å². The first kappa shape index (κ1) is 10.8. The lowest BCUT2D eigenvalue weighted by Gasteiger charge is -2.11. The molecule has 1 heterocycles. The zero-order valence-electron chi connectivity index (χ0n) is 8.51. The predicted octanol–water partition coefficient (Wildman–Crippen LogP) is 1.21. The zero-order chi connectivity index (χ0) is 10.2. The molecule has 5 nitrogen and oxygen atoms in total. The second kappa shape index (κ2) is 6.23. The maximum Gasteiger partial charge on any atom is 0.431 e. The van der Waals surface area contributed by atoms with Gasteiger partial charge >= 0.3 is 6.09 Å². The van der Waals surface area contributed by atoms with Crippen LogP contribution in [0.1, 0.15) is 32.1 Å². The monoisotopic (exact) mass is 199 g/mol. The average molecular weight is 199 g/mol. The van der Waals surface area contributed by atoms with Crippen LogP contribution in [0.15, 0.2) is 4.99 Å². The molecule has 80 valence electrons. The van der Waals surface area contributed by atoms with Crippen LogP contribution in [0.3, 0.4) is 0 Å². The van der Waals surface area contributed by atoms with E-state index in [1.54, 1.807) is 0 Å². The lowest BCUT2D eigenvalue weighted by molar-refractivity contribution is 0.121. The van der Waals surface area contributed by atoms with E-state index in [0.29, 0.717) is 0 Å². The summed E-state index contributed by atoms with van der Waals surface area (Å²) in [4.78, 5) is 19.7. The highest BCUT2D eigenvalue weighted by molar-refractivity contribution is 5.82. The van der Waals surface area contributed by atoms with Gasteiger partial charge in [-0.05, 0) is 12.8 Å². The highest BCUT2D eigenvalue weighted by atomic mass is 16.7. The molecule has 0 spiro atoms. The van der Waals surface area contributed by atoms with E-state index >= 15 is 0 Å². The van der Waals surface area contributed by atoms with Crippen molar-refractivity contribution in [3.63, 3.8) is 0 Å². The number of nitrogens with zero attached hydrogens (tertiary/aromatic N) is 1. The van der Waals surface area contributed by atoms with Crippen molar-refractivity contribution in [1.82, 2.24) is 10.8 Å². The van der Waals surface area contributed by atoms with Gasteiger partial charge in [-0.1, -0.05) is 12.8 Å². The second-order valence-corrected chi connectivity index (χ2v) is 3.23. The molecule has 0 saturated carbocycles. The van der Waals surface area contributed by atoms with Gasteiger partial charge in [-0.2, -0.15) is 0 Å². The van der Waals surface area contributed by atoms with Gasteiger partial charge in [-0.3, -0.25) is 4.99 Å². The normalized spacial score (nSPS) is 17.4. The van der Waals surface area contributed by atoms with Crippen LogP contribution in [-0.2, 0) is 4.84 Å². The fourth-order valence-corrected chi connectivity index (χ4v) is 1.29. The number of amidine groups is 1. The van der Waals surface area contributed by atoms with Crippen molar-refractivity contribution >= 4 is 11.9 Å². The number of carbonyl (C=O) groups is 1. The first-order chi connectivity index (χ1) is 6.83. The summed E-state index contributed by atoms with van der Waals surface area (Å²) in [7, 11) is 1.52. The van der Waals surface area contributed by atoms with E-state index < -0.39 is 6.09 Å². The van der Waals surface area contributed by atoms with E-state index in [4.69, 9.17) is 4.84 Å². The lowest BCUT2D eigenvalue weighted by Crippen LogP contribution is -2.32. The molecule has 5 heteroatoms. The van der Waals surface area contributed by atoms with Crippen molar-refractivity contribution in [3.8, 4) is 0 Å². The van der Waals surface area contributed by atoms with Gasteiger partial charge in [0.05, 0.1) is 0 Å². The van der Waals surface area contributed by atoms with Crippen molar-refractivity contribution in [2.24, 2.45) is 4.99 Å². The summed E-state index contributed by atoms with van der Waals surface area (Å²) in [6.07, 6.45) is 5.05. The predicted molar refractivity (Wildman–Crippen MR) is 54.1 cm³/mol. The number of amides is 1. The van der Waals surface area contributed by atoms with Crippen LogP contribution < -0.4 is 10.8 Å². The van der Waals surface area contributed by atoms with Crippen LogP contribution in [0.2, 0.25) is 0 Å². The first-order valence-electron chi connectivity index (χ1n) is 5.01. The Kier molecular flexibility index (Phi) is 4.82. The molecule has 0 aromatic rings. The Balaban J connectivity index is 2.29. The summed E-state index contributed by atoms with van der Waals surface area (Å²) in [6.45, 7) is 0.819. The molecule has 0 saturated heterocycles. The number of aliphatic imine (C=N–C) groups is 1. The highest BCUT2D eigenvalue weighted by Gasteiger charge is 2.05. The fraction of sp³-hybridized carbons (Fsp3) is 0.778. The molecular weight excluding hydrogens is 182 g/mol. The fourth-order valence-electron chi connectivity index (χ4n) is 1.29. The van der Waals surface area contributed by atoms with Crippen molar-refractivity contribution < 1.29 is 9.63 Å². The van der Waals surface area contributed by atoms with Crippen LogP contribution in [0.5, 0.6) is 0 Å². The van der Waals surface area contributed by atoms with E-state index in [0.717, 1.165) is 31.6 Å². The summed E-state index contributed by atoms with van der Waals surface area (Å²) in [6, 6.07) is 0. The highest BCUT2D eigenvalue weighted by Crippen LogP contribution is 2.07. The Morgan fingerprint density at radius 3 is 2.93 bits per heavy atom. The van der Waals surface area contributed by atoms with E-state index in [2.05, 4.69) is 15.8 Å². The third-order valence-corrected chi connectivity index (χ3v) is 2.09. The van der Waals surface area contributed by atoms with Crippen molar-refractivity contribution in [1.29, 1.82) is 0 Å². The summed E-state index contributed by atoms with van der Waals surface area (Å²) >= 11 is 0. The molecule has 1 aliphatic heterocycles. The van der Waals surface area contributed by atoms with E-state index in [1.165, 1.54) is 19.9 Å². The number of hydroxylamine groups is 1.